The smallest absolute Gasteiger partial charge is 0.323 e. The molecule has 0 fully saturated rings. The van der Waals surface area contributed by atoms with Crippen LogP contribution in [-0.4, -0.2) is 57.1 Å². The van der Waals surface area contributed by atoms with E-state index in [2.05, 4.69) is 0 Å². The standard InChI is InChI=1S/C8H11NO7/c10-5(1-2-6(11)12)9(3-7(13)14)4-8(15)16/h1-4H2,(H,11,12)(H,13,14)(H,15,16). The highest BCUT2D eigenvalue weighted by Crippen LogP contribution is 1.98. The van der Waals surface area contributed by atoms with E-state index in [1.165, 1.54) is 0 Å². The van der Waals surface area contributed by atoms with Crippen LogP contribution in [0.5, 0.6) is 0 Å². The van der Waals surface area contributed by atoms with Gasteiger partial charge in [0.25, 0.3) is 0 Å². The Labute approximate surface area is 90.1 Å². The van der Waals surface area contributed by atoms with Crippen molar-refractivity contribution in [1.29, 1.82) is 0 Å². The maximum atomic E-state index is 11.3. The molecular formula is C8H11NO7. The Balaban J connectivity index is 4.36. The van der Waals surface area contributed by atoms with Crippen molar-refractivity contribution < 1.29 is 34.5 Å². The van der Waals surface area contributed by atoms with Gasteiger partial charge in [0, 0.05) is 6.42 Å². The molecule has 0 aliphatic rings. The monoisotopic (exact) mass is 233 g/mol. The molecule has 8 heteroatoms. The van der Waals surface area contributed by atoms with E-state index in [9.17, 15) is 19.2 Å². The summed E-state index contributed by atoms with van der Waals surface area (Å²) < 4.78 is 0. The van der Waals surface area contributed by atoms with E-state index in [-0.39, 0.29) is 0 Å². The molecule has 1 amide bonds. The van der Waals surface area contributed by atoms with Crippen LogP contribution < -0.4 is 0 Å². The van der Waals surface area contributed by atoms with E-state index >= 15 is 0 Å². The predicted molar refractivity (Wildman–Crippen MR) is 48.7 cm³/mol. The van der Waals surface area contributed by atoms with Crippen molar-refractivity contribution in [3.63, 3.8) is 0 Å². The first-order valence-electron chi connectivity index (χ1n) is 4.26. The summed E-state index contributed by atoms with van der Waals surface area (Å²) in [6.45, 7) is -1.52. The predicted octanol–water partition coefficient (Wildman–Crippen LogP) is -1.15. The Morgan fingerprint density at radius 3 is 1.50 bits per heavy atom. The van der Waals surface area contributed by atoms with Gasteiger partial charge in [-0.1, -0.05) is 0 Å². The molecule has 0 bridgehead atoms. The number of rotatable bonds is 7. The summed E-state index contributed by atoms with van der Waals surface area (Å²) >= 11 is 0. The molecule has 0 saturated carbocycles. The van der Waals surface area contributed by atoms with Gasteiger partial charge in [-0.05, 0) is 0 Å². The van der Waals surface area contributed by atoms with Gasteiger partial charge in [0.15, 0.2) is 0 Å². The Kier molecular flexibility index (Phi) is 5.53. The van der Waals surface area contributed by atoms with Gasteiger partial charge in [-0.15, -0.1) is 0 Å². The molecule has 0 atom stereocenters. The highest BCUT2D eigenvalue weighted by Gasteiger charge is 2.19. The number of carboxylic acids is 3. The van der Waals surface area contributed by atoms with Crippen LogP contribution in [0.15, 0.2) is 0 Å². The molecule has 0 aromatic carbocycles. The Bertz CT molecular complexity index is 296. The number of hydrogen-bond acceptors (Lipinski definition) is 4. The summed E-state index contributed by atoms with van der Waals surface area (Å²) in [4.78, 5) is 42.7. The molecule has 90 valence electrons. The summed E-state index contributed by atoms with van der Waals surface area (Å²) in [6.07, 6.45) is -0.884. The van der Waals surface area contributed by atoms with E-state index in [1.54, 1.807) is 0 Å². The zero-order valence-electron chi connectivity index (χ0n) is 8.25. The van der Waals surface area contributed by atoms with Crippen molar-refractivity contribution in [2.75, 3.05) is 13.1 Å². The van der Waals surface area contributed by atoms with Gasteiger partial charge in [0.1, 0.15) is 13.1 Å². The molecule has 0 radical (unpaired) electrons. The molecular weight excluding hydrogens is 222 g/mol. The average Bonchev–Trinajstić information content (AvgIpc) is 2.11. The number of hydrogen-bond donors (Lipinski definition) is 3. The lowest BCUT2D eigenvalue weighted by Gasteiger charge is -2.17. The first kappa shape index (κ1) is 13.9. The van der Waals surface area contributed by atoms with Crippen LogP contribution in [0.4, 0.5) is 0 Å². The van der Waals surface area contributed by atoms with E-state index in [4.69, 9.17) is 15.3 Å². The Morgan fingerprint density at radius 2 is 1.19 bits per heavy atom. The molecule has 0 aliphatic heterocycles. The van der Waals surface area contributed by atoms with Crippen molar-refractivity contribution >= 4 is 23.8 Å². The Morgan fingerprint density at radius 1 is 0.750 bits per heavy atom. The van der Waals surface area contributed by atoms with E-state index < -0.39 is 49.7 Å². The van der Waals surface area contributed by atoms with Crippen LogP contribution in [0.25, 0.3) is 0 Å². The molecule has 0 aliphatic carbocycles. The lowest BCUT2D eigenvalue weighted by atomic mass is 10.2. The lowest BCUT2D eigenvalue weighted by Crippen LogP contribution is -2.39. The van der Waals surface area contributed by atoms with E-state index in [0.29, 0.717) is 4.90 Å². The highest BCUT2D eigenvalue weighted by molar-refractivity contribution is 5.86. The zero-order valence-corrected chi connectivity index (χ0v) is 8.25. The number of aliphatic carboxylic acids is 3. The number of carboxylic acid groups (broad SMARTS) is 3. The van der Waals surface area contributed by atoms with Crippen LogP contribution >= 0.6 is 0 Å². The van der Waals surface area contributed by atoms with Gasteiger partial charge in [0.2, 0.25) is 5.91 Å². The second kappa shape index (κ2) is 6.38. The maximum absolute atomic E-state index is 11.3. The Hall–Kier alpha value is -2.12. The number of carbonyl (C=O) groups is 4. The molecule has 8 nitrogen and oxygen atoms in total. The summed E-state index contributed by atoms with van der Waals surface area (Å²) in [5.41, 5.74) is 0. The zero-order chi connectivity index (χ0) is 12.7. The van der Waals surface area contributed by atoms with Crippen LogP contribution in [0.2, 0.25) is 0 Å². The maximum Gasteiger partial charge on any atom is 0.323 e. The molecule has 0 aromatic heterocycles. The fourth-order valence-electron chi connectivity index (χ4n) is 0.931. The molecule has 3 N–H and O–H groups in total. The van der Waals surface area contributed by atoms with Gasteiger partial charge in [-0.25, -0.2) is 0 Å². The van der Waals surface area contributed by atoms with Gasteiger partial charge in [-0.2, -0.15) is 0 Å². The number of amides is 1. The van der Waals surface area contributed by atoms with E-state index in [1.807, 2.05) is 0 Å². The molecule has 16 heavy (non-hydrogen) atoms. The fourth-order valence-corrected chi connectivity index (χ4v) is 0.931. The molecule has 0 spiro atoms. The van der Waals surface area contributed by atoms with Crippen LogP contribution in [0.3, 0.4) is 0 Å². The second-order valence-electron chi connectivity index (χ2n) is 2.93. The number of carbonyl (C=O) groups excluding carboxylic acids is 1. The molecule has 0 rings (SSSR count). The molecule has 0 heterocycles. The fraction of sp³-hybridized carbons (Fsp3) is 0.500. The van der Waals surface area contributed by atoms with Crippen molar-refractivity contribution in [1.82, 2.24) is 4.90 Å². The van der Waals surface area contributed by atoms with Crippen LogP contribution in [0.1, 0.15) is 12.8 Å². The highest BCUT2D eigenvalue weighted by atomic mass is 16.4. The second-order valence-corrected chi connectivity index (χ2v) is 2.93. The molecule has 0 aromatic rings. The van der Waals surface area contributed by atoms with Crippen LogP contribution in [-0.2, 0) is 19.2 Å². The lowest BCUT2D eigenvalue weighted by molar-refractivity contribution is -0.149. The third-order valence-electron chi connectivity index (χ3n) is 1.56. The van der Waals surface area contributed by atoms with Gasteiger partial charge >= 0.3 is 17.9 Å². The average molecular weight is 233 g/mol. The molecule has 0 saturated heterocycles. The minimum atomic E-state index is -1.36. The first-order valence-corrected chi connectivity index (χ1v) is 4.26. The third-order valence-corrected chi connectivity index (χ3v) is 1.56. The topological polar surface area (TPSA) is 132 Å². The van der Waals surface area contributed by atoms with Gasteiger partial charge < -0.3 is 20.2 Å². The largest absolute Gasteiger partial charge is 0.481 e. The first-order chi connectivity index (χ1) is 7.32. The summed E-state index contributed by atoms with van der Waals surface area (Å²) in [7, 11) is 0. The number of nitrogens with zero attached hydrogens (tertiary/aromatic N) is 1. The minimum Gasteiger partial charge on any atom is -0.481 e. The summed E-state index contributed by atoms with van der Waals surface area (Å²) in [5, 5.41) is 25.1. The molecule has 0 unspecified atom stereocenters. The van der Waals surface area contributed by atoms with Crippen molar-refractivity contribution in [3.8, 4) is 0 Å². The summed E-state index contributed by atoms with van der Waals surface area (Å²) in [6, 6.07) is 0. The SMILES string of the molecule is O=C(O)CCC(=O)N(CC(=O)O)CC(=O)O. The van der Waals surface area contributed by atoms with Crippen molar-refractivity contribution in [2.45, 2.75) is 12.8 Å². The van der Waals surface area contributed by atoms with Crippen LogP contribution in [0, 0.1) is 0 Å². The van der Waals surface area contributed by atoms with Crippen molar-refractivity contribution in [2.24, 2.45) is 0 Å². The van der Waals surface area contributed by atoms with E-state index in [0.717, 1.165) is 0 Å². The van der Waals surface area contributed by atoms with Crippen molar-refractivity contribution in [3.05, 3.63) is 0 Å². The quantitative estimate of drug-likeness (QED) is 0.505. The normalized spacial score (nSPS) is 9.50. The summed E-state index contributed by atoms with van der Waals surface area (Å²) in [5.74, 6) is -4.74. The van der Waals surface area contributed by atoms with Gasteiger partial charge in [-0.3, -0.25) is 19.2 Å². The minimum absolute atomic E-state index is 0.421. The van der Waals surface area contributed by atoms with Gasteiger partial charge in [0.05, 0.1) is 6.42 Å². The third kappa shape index (κ3) is 6.35.